The number of amides is 1. The highest BCUT2D eigenvalue weighted by Gasteiger charge is 2.34. The molecule has 0 saturated heterocycles. The highest BCUT2D eigenvalue weighted by molar-refractivity contribution is 5.69. The van der Waals surface area contributed by atoms with E-state index in [1.54, 1.807) is 20.8 Å². The van der Waals surface area contributed by atoms with Crippen LogP contribution in [0.5, 0.6) is 0 Å². The van der Waals surface area contributed by atoms with Crippen LogP contribution in [0, 0.1) is 0 Å². The third-order valence-corrected chi connectivity index (χ3v) is 2.21. The summed E-state index contributed by atoms with van der Waals surface area (Å²) >= 11 is 0. The second-order valence-electron chi connectivity index (χ2n) is 5.52. The molecule has 1 heterocycles. The molecule has 0 saturated carbocycles. The predicted molar refractivity (Wildman–Crippen MR) is 77.8 cm³/mol. The van der Waals surface area contributed by atoms with Crippen LogP contribution < -0.4 is 5.73 Å². The van der Waals surface area contributed by atoms with Gasteiger partial charge in [-0.05, 0) is 32.8 Å². The molecule has 0 aliphatic heterocycles. The number of carbonyl (C=O) groups excluding carboxylic acids is 2. The summed E-state index contributed by atoms with van der Waals surface area (Å²) in [7, 11) is 1.24. The topological polar surface area (TPSA) is 104 Å². The van der Waals surface area contributed by atoms with Crippen molar-refractivity contribution in [2.75, 3.05) is 7.11 Å². The molecule has 0 radical (unpaired) electrons. The second-order valence-corrected chi connectivity index (χ2v) is 5.52. The number of hydrogen-bond acceptors (Lipinski definition) is 6. The highest BCUT2D eigenvalue weighted by atomic mass is 19.4. The lowest BCUT2D eigenvalue weighted by Crippen LogP contribution is -2.27. The fraction of sp³-hybridized carbons (Fsp3) is 0.571. The molecule has 0 atom stereocenters. The van der Waals surface area contributed by atoms with Gasteiger partial charge in [0.2, 0.25) is 5.82 Å². The van der Waals surface area contributed by atoms with E-state index >= 15 is 0 Å². The Kier molecular flexibility index (Phi) is 8.14. The molecule has 0 aliphatic carbocycles. The fourth-order valence-corrected chi connectivity index (χ4v) is 1.28. The van der Waals surface area contributed by atoms with Crippen molar-refractivity contribution in [2.45, 2.75) is 45.4 Å². The van der Waals surface area contributed by atoms with Gasteiger partial charge in [-0.2, -0.15) is 13.2 Å². The van der Waals surface area contributed by atoms with Crippen LogP contribution in [0.1, 0.15) is 38.6 Å². The van der Waals surface area contributed by atoms with Crippen molar-refractivity contribution >= 4 is 12.1 Å². The average Bonchev–Trinajstić information content (AvgIpc) is 2.42. The van der Waals surface area contributed by atoms with Crippen molar-refractivity contribution in [2.24, 2.45) is 5.73 Å². The quantitative estimate of drug-likeness (QED) is 0.839. The molecular formula is C14H20F3N3O4. The van der Waals surface area contributed by atoms with E-state index in [1.807, 2.05) is 0 Å². The number of rotatable bonds is 3. The Labute approximate surface area is 137 Å². The van der Waals surface area contributed by atoms with E-state index in [-0.39, 0.29) is 12.8 Å². The Morgan fingerprint density at radius 3 is 1.96 bits per heavy atom. The molecule has 0 bridgehead atoms. The number of esters is 1. The SMILES string of the molecule is CC(C)(C)OC(N)=O.COC(=O)CCc1cnc(C(F)(F)F)nc1. The maximum absolute atomic E-state index is 12.1. The molecule has 1 rings (SSSR count). The summed E-state index contributed by atoms with van der Waals surface area (Å²) in [5.41, 5.74) is 4.72. The minimum Gasteiger partial charge on any atom is -0.469 e. The van der Waals surface area contributed by atoms with Crippen LogP contribution in [0.15, 0.2) is 12.4 Å². The zero-order valence-corrected chi connectivity index (χ0v) is 13.8. The number of alkyl halides is 3. The van der Waals surface area contributed by atoms with Crippen molar-refractivity contribution in [1.82, 2.24) is 9.97 Å². The predicted octanol–water partition coefficient (Wildman–Crippen LogP) is 2.48. The van der Waals surface area contributed by atoms with Crippen LogP contribution in [0.25, 0.3) is 0 Å². The largest absolute Gasteiger partial charge is 0.469 e. The van der Waals surface area contributed by atoms with Gasteiger partial charge in [0.1, 0.15) is 5.60 Å². The first-order valence-corrected chi connectivity index (χ1v) is 6.78. The normalized spacial score (nSPS) is 11.1. The molecule has 10 heteroatoms. The average molecular weight is 351 g/mol. The summed E-state index contributed by atoms with van der Waals surface area (Å²) in [6.07, 6.45) is -2.81. The maximum atomic E-state index is 12.1. The molecule has 2 N–H and O–H groups in total. The summed E-state index contributed by atoms with van der Waals surface area (Å²) in [5, 5.41) is 0. The van der Waals surface area contributed by atoms with Gasteiger partial charge in [0.15, 0.2) is 0 Å². The molecule has 0 aliphatic rings. The van der Waals surface area contributed by atoms with Gasteiger partial charge in [-0.15, -0.1) is 0 Å². The molecule has 1 amide bonds. The van der Waals surface area contributed by atoms with Crippen LogP contribution in [0.4, 0.5) is 18.0 Å². The first-order valence-electron chi connectivity index (χ1n) is 6.78. The van der Waals surface area contributed by atoms with Gasteiger partial charge >= 0.3 is 18.2 Å². The number of carbonyl (C=O) groups is 2. The van der Waals surface area contributed by atoms with E-state index in [0.717, 1.165) is 12.4 Å². The highest BCUT2D eigenvalue weighted by Crippen LogP contribution is 2.25. The lowest BCUT2D eigenvalue weighted by molar-refractivity contribution is -0.145. The maximum Gasteiger partial charge on any atom is 0.451 e. The number of aromatic nitrogens is 2. The van der Waals surface area contributed by atoms with Crippen molar-refractivity contribution in [3.05, 3.63) is 23.8 Å². The van der Waals surface area contributed by atoms with Gasteiger partial charge in [0, 0.05) is 18.8 Å². The minimum atomic E-state index is -4.54. The molecule has 24 heavy (non-hydrogen) atoms. The van der Waals surface area contributed by atoms with Gasteiger partial charge in [-0.25, -0.2) is 14.8 Å². The number of methoxy groups -OCH3 is 1. The number of nitrogens with zero attached hydrogens (tertiary/aromatic N) is 2. The monoisotopic (exact) mass is 351 g/mol. The third-order valence-electron chi connectivity index (χ3n) is 2.21. The summed E-state index contributed by atoms with van der Waals surface area (Å²) in [5.74, 6) is -1.62. The Morgan fingerprint density at radius 2 is 1.67 bits per heavy atom. The summed E-state index contributed by atoms with van der Waals surface area (Å²) in [4.78, 5) is 27.1. The van der Waals surface area contributed by atoms with E-state index < -0.39 is 29.7 Å². The Bertz CT molecular complexity index is 540. The minimum absolute atomic E-state index is 0.0885. The smallest absolute Gasteiger partial charge is 0.451 e. The molecule has 136 valence electrons. The van der Waals surface area contributed by atoms with Crippen molar-refractivity contribution in [3.63, 3.8) is 0 Å². The van der Waals surface area contributed by atoms with Crippen LogP contribution in [-0.2, 0) is 26.9 Å². The van der Waals surface area contributed by atoms with E-state index in [0.29, 0.717) is 5.56 Å². The Hall–Kier alpha value is -2.39. The zero-order valence-electron chi connectivity index (χ0n) is 13.8. The second kappa shape index (κ2) is 9.04. The lowest BCUT2D eigenvalue weighted by atomic mass is 10.2. The van der Waals surface area contributed by atoms with E-state index in [9.17, 15) is 22.8 Å². The molecular weight excluding hydrogens is 331 g/mol. The first-order chi connectivity index (χ1) is 10.8. The number of halogens is 3. The summed E-state index contributed by atoms with van der Waals surface area (Å²) < 4.78 is 45.2. The summed E-state index contributed by atoms with van der Waals surface area (Å²) in [6, 6.07) is 0. The van der Waals surface area contributed by atoms with Gasteiger partial charge in [-0.1, -0.05) is 0 Å². The van der Waals surface area contributed by atoms with Crippen LogP contribution in [0.3, 0.4) is 0 Å². The van der Waals surface area contributed by atoms with E-state index in [1.165, 1.54) is 7.11 Å². The number of ether oxygens (including phenoxy) is 2. The van der Waals surface area contributed by atoms with Crippen LogP contribution in [-0.4, -0.2) is 34.7 Å². The van der Waals surface area contributed by atoms with Gasteiger partial charge in [0.05, 0.1) is 7.11 Å². The number of primary amides is 1. The molecule has 1 aromatic heterocycles. The number of aryl methyl sites for hydroxylation is 1. The van der Waals surface area contributed by atoms with Crippen molar-refractivity contribution in [1.29, 1.82) is 0 Å². The van der Waals surface area contributed by atoms with Gasteiger partial charge < -0.3 is 15.2 Å². The van der Waals surface area contributed by atoms with Crippen LogP contribution >= 0.6 is 0 Å². The van der Waals surface area contributed by atoms with Gasteiger partial charge in [0.25, 0.3) is 0 Å². The Balaban J connectivity index is 0.000000561. The van der Waals surface area contributed by atoms with Crippen molar-refractivity contribution < 1.29 is 32.2 Å². The number of hydrogen-bond donors (Lipinski definition) is 1. The molecule has 0 unspecified atom stereocenters. The van der Waals surface area contributed by atoms with Crippen molar-refractivity contribution in [3.8, 4) is 0 Å². The van der Waals surface area contributed by atoms with Gasteiger partial charge in [-0.3, -0.25) is 4.79 Å². The lowest BCUT2D eigenvalue weighted by Gasteiger charge is -2.16. The first kappa shape index (κ1) is 21.6. The molecule has 1 aromatic rings. The fourth-order valence-electron chi connectivity index (χ4n) is 1.28. The molecule has 0 spiro atoms. The standard InChI is InChI=1S/C9H9F3N2O2.C5H11NO2/c1-16-7(15)3-2-6-4-13-8(14-5-6)9(10,11)12;1-5(2,3)8-4(6)7/h4-5H,2-3H2,1H3;1-3H3,(H2,6,7). The Morgan fingerprint density at radius 1 is 1.17 bits per heavy atom. The number of nitrogens with two attached hydrogens (primary N) is 1. The zero-order chi connectivity index (χ0) is 19.0. The molecule has 7 nitrogen and oxygen atoms in total. The molecule has 0 aromatic carbocycles. The summed E-state index contributed by atoms with van der Waals surface area (Å²) in [6.45, 7) is 5.28. The molecule has 0 fully saturated rings. The van der Waals surface area contributed by atoms with E-state index in [4.69, 9.17) is 5.73 Å². The van der Waals surface area contributed by atoms with Crippen LogP contribution in [0.2, 0.25) is 0 Å². The van der Waals surface area contributed by atoms with E-state index in [2.05, 4.69) is 19.4 Å². The third kappa shape index (κ3) is 10.4.